The van der Waals surface area contributed by atoms with E-state index < -0.39 is 10.0 Å². The highest BCUT2D eigenvalue weighted by Crippen LogP contribution is 2.30. The van der Waals surface area contributed by atoms with Crippen LogP contribution in [-0.4, -0.2) is 28.0 Å². The van der Waals surface area contributed by atoms with Crippen LogP contribution in [0.2, 0.25) is 5.02 Å². The molecule has 33 heavy (non-hydrogen) atoms. The van der Waals surface area contributed by atoms with Gasteiger partial charge in [0.25, 0.3) is 10.0 Å². The van der Waals surface area contributed by atoms with E-state index in [1.54, 1.807) is 30.3 Å². The molecule has 1 N–H and O–H groups in total. The first kappa shape index (κ1) is 23.1. The summed E-state index contributed by atoms with van der Waals surface area (Å²) in [5.74, 6) is 0.158. The molecule has 0 fully saturated rings. The fraction of sp³-hybridized carbons (Fsp3) is 0.240. The van der Waals surface area contributed by atoms with Gasteiger partial charge in [-0.1, -0.05) is 41.9 Å². The summed E-state index contributed by atoms with van der Waals surface area (Å²) >= 11 is 6.13. The Kier molecular flexibility index (Phi) is 6.91. The first-order chi connectivity index (χ1) is 15.9. The zero-order valence-electron chi connectivity index (χ0n) is 18.2. The van der Waals surface area contributed by atoms with E-state index >= 15 is 0 Å². The molecule has 0 aliphatic heterocycles. The fourth-order valence-corrected chi connectivity index (χ4v) is 5.69. The van der Waals surface area contributed by atoms with Crippen molar-refractivity contribution in [1.29, 1.82) is 0 Å². The molecule has 0 unspecified atom stereocenters. The second-order valence-electron chi connectivity index (χ2n) is 7.88. The van der Waals surface area contributed by atoms with Crippen molar-refractivity contribution in [2.45, 2.75) is 30.2 Å². The summed E-state index contributed by atoms with van der Waals surface area (Å²) < 4.78 is 33.3. The average molecular weight is 485 g/mol. The molecule has 4 rings (SSSR count). The first-order valence-corrected chi connectivity index (χ1v) is 12.5. The van der Waals surface area contributed by atoms with Crippen molar-refractivity contribution in [3.63, 3.8) is 0 Å². The van der Waals surface area contributed by atoms with Crippen LogP contribution in [0.4, 0.5) is 5.69 Å². The molecular formula is C25H25ClN2O4S. The molecule has 6 nitrogen and oxygen atoms in total. The lowest BCUT2D eigenvalue weighted by Crippen LogP contribution is -2.42. The Morgan fingerprint density at radius 1 is 1.09 bits per heavy atom. The van der Waals surface area contributed by atoms with Crippen LogP contribution < -0.4 is 14.4 Å². The van der Waals surface area contributed by atoms with Crippen molar-refractivity contribution >= 4 is 33.2 Å². The molecule has 0 spiro atoms. The van der Waals surface area contributed by atoms with Crippen molar-refractivity contribution < 1.29 is 17.9 Å². The second-order valence-corrected chi connectivity index (χ2v) is 10.2. The van der Waals surface area contributed by atoms with Gasteiger partial charge in [0.2, 0.25) is 5.91 Å². The van der Waals surface area contributed by atoms with Gasteiger partial charge in [0, 0.05) is 5.02 Å². The Morgan fingerprint density at radius 3 is 2.58 bits per heavy atom. The number of hydrogen-bond donors (Lipinski definition) is 1. The van der Waals surface area contributed by atoms with E-state index in [4.69, 9.17) is 16.3 Å². The molecular weight excluding hydrogens is 460 g/mol. The number of fused-ring (bicyclic) bond motifs is 1. The number of nitrogens with zero attached hydrogens (tertiary/aromatic N) is 1. The predicted molar refractivity (Wildman–Crippen MR) is 129 cm³/mol. The Hall–Kier alpha value is -3.03. The van der Waals surface area contributed by atoms with E-state index in [2.05, 4.69) is 11.4 Å². The maximum absolute atomic E-state index is 13.5. The highest BCUT2D eigenvalue weighted by atomic mass is 35.5. The van der Waals surface area contributed by atoms with E-state index in [-0.39, 0.29) is 23.4 Å². The number of nitrogens with one attached hydrogen (secondary N) is 1. The number of ether oxygens (including phenoxy) is 1. The number of halogens is 1. The lowest BCUT2D eigenvalue weighted by molar-refractivity contribution is -0.120. The van der Waals surface area contributed by atoms with E-state index in [0.717, 1.165) is 29.1 Å². The maximum Gasteiger partial charge on any atom is 0.264 e. The second kappa shape index (κ2) is 9.85. The fourth-order valence-electron chi connectivity index (χ4n) is 4.10. The zero-order valence-corrected chi connectivity index (χ0v) is 19.8. The SMILES string of the molecule is COc1ccc(S(=O)(=O)N(CC(=O)N[C@@H]2CCCc3ccccc32)c2cccc(Cl)c2)cc1. The summed E-state index contributed by atoms with van der Waals surface area (Å²) in [5, 5.41) is 3.41. The molecule has 3 aromatic rings. The molecule has 3 aromatic carbocycles. The van der Waals surface area contributed by atoms with Gasteiger partial charge in [-0.2, -0.15) is 0 Å². The van der Waals surface area contributed by atoms with Crippen LogP contribution in [0.25, 0.3) is 0 Å². The number of sulfonamides is 1. The average Bonchev–Trinajstić information content (AvgIpc) is 2.83. The van der Waals surface area contributed by atoms with Crippen molar-refractivity contribution in [3.05, 3.63) is 88.9 Å². The topological polar surface area (TPSA) is 75.7 Å². The summed E-state index contributed by atoms with van der Waals surface area (Å²) in [5.41, 5.74) is 2.62. The van der Waals surface area contributed by atoms with Crippen molar-refractivity contribution in [3.8, 4) is 5.75 Å². The van der Waals surface area contributed by atoms with Crippen molar-refractivity contribution in [2.24, 2.45) is 0 Å². The number of benzene rings is 3. The van der Waals surface area contributed by atoms with Crippen LogP contribution in [0.3, 0.4) is 0 Å². The van der Waals surface area contributed by atoms with Crippen LogP contribution in [0.5, 0.6) is 5.75 Å². The van der Waals surface area contributed by atoms with Gasteiger partial charge >= 0.3 is 0 Å². The molecule has 1 amide bonds. The molecule has 0 aromatic heterocycles. The lowest BCUT2D eigenvalue weighted by Gasteiger charge is -2.29. The van der Waals surface area contributed by atoms with Gasteiger partial charge in [0.15, 0.2) is 0 Å². The van der Waals surface area contributed by atoms with Crippen LogP contribution in [0.1, 0.15) is 30.0 Å². The smallest absolute Gasteiger partial charge is 0.264 e. The zero-order chi connectivity index (χ0) is 23.4. The minimum atomic E-state index is -4.03. The minimum absolute atomic E-state index is 0.0547. The lowest BCUT2D eigenvalue weighted by atomic mass is 9.88. The summed E-state index contributed by atoms with van der Waals surface area (Å²) in [6, 6.07) is 20.4. The van der Waals surface area contributed by atoms with E-state index in [0.29, 0.717) is 16.5 Å². The summed E-state index contributed by atoms with van der Waals surface area (Å²) in [6.07, 6.45) is 2.75. The molecule has 1 atom stereocenters. The third-order valence-corrected chi connectivity index (χ3v) is 7.76. The highest BCUT2D eigenvalue weighted by Gasteiger charge is 2.29. The van der Waals surface area contributed by atoms with Gasteiger partial charge in [-0.05, 0) is 72.9 Å². The van der Waals surface area contributed by atoms with Gasteiger partial charge in [-0.3, -0.25) is 9.10 Å². The van der Waals surface area contributed by atoms with E-state index in [9.17, 15) is 13.2 Å². The number of aryl methyl sites for hydroxylation is 1. The number of hydrogen-bond acceptors (Lipinski definition) is 4. The Bertz CT molecular complexity index is 1250. The van der Waals surface area contributed by atoms with Crippen molar-refractivity contribution in [2.75, 3.05) is 18.0 Å². The maximum atomic E-state index is 13.5. The van der Waals surface area contributed by atoms with Gasteiger partial charge in [-0.15, -0.1) is 0 Å². The van der Waals surface area contributed by atoms with Crippen LogP contribution in [0.15, 0.2) is 77.7 Å². The molecule has 0 heterocycles. The molecule has 1 aliphatic carbocycles. The highest BCUT2D eigenvalue weighted by molar-refractivity contribution is 7.92. The van der Waals surface area contributed by atoms with E-state index in [1.165, 1.54) is 30.9 Å². The Morgan fingerprint density at radius 2 is 1.85 bits per heavy atom. The number of carbonyl (C=O) groups excluding carboxylic acids is 1. The third-order valence-electron chi connectivity index (χ3n) is 5.74. The molecule has 1 aliphatic rings. The number of carbonyl (C=O) groups is 1. The minimum Gasteiger partial charge on any atom is -0.497 e. The van der Waals surface area contributed by atoms with Crippen LogP contribution in [-0.2, 0) is 21.2 Å². The number of amides is 1. The van der Waals surface area contributed by atoms with E-state index in [1.807, 2.05) is 18.2 Å². The van der Waals surface area contributed by atoms with Crippen LogP contribution in [0, 0.1) is 0 Å². The largest absolute Gasteiger partial charge is 0.497 e. The Labute approximate surface area is 199 Å². The number of rotatable bonds is 7. The van der Waals surface area contributed by atoms with Crippen LogP contribution >= 0.6 is 11.6 Å². The molecule has 8 heteroatoms. The van der Waals surface area contributed by atoms with Crippen molar-refractivity contribution in [1.82, 2.24) is 5.32 Å². The monoisotopic (exact) mass is 484 g/mol. The molecule has 0 saturated heterocycles. The first-order valence-electron chi connectivity index (χ1n) is 10.7. The molecule has 0 saturated carbocycles. The molecule has 172 valence electrons. The quantitative estimate of drug-likeness (QED) is 0.525. The third kappa shape index (κ3) is 5.15. The van der Waals surface area contributed by atoms with Gasteiger partial charge < -0.3 is 10.1 Å². The normalized spacial score (nSPS) is 15.4. The van der Waals surface area contributed by atoms with Gasteiger partial charge in [0.05, 0.1) is 23.7 Å². The van der Waals surface area contributed by atoms with Gasteiger partial charge in [-0.25, -0.2) is 8.42 Å². The van der Waals surface area contributed by atoms with Gasteiger partial charge in [0.1, 0.15) is 12.3 Å². The number of methoxy groups -OCH3 is 1. The molecule has 0 radical (unpaired) electrons. The predicted octanol–water partition coefficient (Wildman–Crippen LogP) is 4.74. The molecule has 0 bridgehead atoms. The Balaban J connectivity index is 1.62. The summed E-state index contributed by atoms with van der Waals surface area (Å²) in [6.45, 7) is -0.368. The standard InChI is InChI=1S/C25H25ClN2O4S/c1-32-21-12-14-22(15-13-21)33(30,31)28(20-9-5-8-19(26)16-20)17-25(29)27-24-11-4-7-18-6-2-3-10-23(18)24/h2-3,5-6,8-10,12-16,24H,4,7,11,17H2,1H3,(H,27,29)/t24-/m1/s1. The number of anilines is 1. The summed E-state index contributed by atoms with van der Waals surface area (Å²) in [7, 11) is -2.52. The summed E-state index contributed by atoms with van der Waals surface area (Å²) in [4.78, 5) is 13.2.